The van der Waals surface area contributed by atoms with Crippen molar-refractivity contribution in [2.45, 2.75) is 58.4 Å². The highest BCUT2D eigenvalue weighted by Crippen LogP contribution is 2.31. The lowest BCUT2D eigenvalue weighted by atomic mass is 9.97. The number of thiazole rings is 2. The summed E-state index contributed by atoms with van der Waals surface area (Å²) < 4.78 is 5.04. The Hall–Kier alpha value is -2.53. The molecular weight excluding hydrogens is 474 g/mol. The first-order chi connectivity index (χ1) is 16.4. The molecule has 2 fully saturated rings. The molecule has 2 aliphatic rings. The standard InChI is InChI=1S/C23H31N5O4S2/c1-4-32-23(31)28-11-7-17(8-12-28)25-20(29)18-13-33-21(26-18)16-5-9-27(10-6-16)22(30)19-14(2)24-15(3)34-19/h13,16-17H,4-12H2,1-3H3,(H,25,29). The molecule has 0 aromatic carbocycles. The van der Waals surface area contributed by atoms with E-state index in [1.54, 1.807) is 11.8 Å². The molecule has 34 heavy (non-hydrogen) atoms. The number of nitrogens with zero attached hydrogens (tertiary/aromatic N) is 4. The lowest BCUT2D eigenvalue weighted by Gasteiger charge is -2.31. The number of carbonyl (C=O) groups excluding carboxylic acids is 3. The van der Waals surface area contributed by atoms with Gasteiger partial charge in [-0.25, -0.2) is 14.8 Å². The molecule has 4 rings (SSSR count). The van der Waals surface area contributed by atoms with E-state index in [9.17, 15) is 14.4 Å². The fraction of sp³-hybridized carbons (Fsp3) is 0.609. The molecular formula is C23H31N5O4S2. The van der Waals surface area contributed by atoms with Crippen LogP contribution < -0.4 is 5.32 Å². The maximum atomic E-state index is 12.9. The Labute approximate surface area is 207 Å². The van der Waals surface area contributed by atoms with Gasteiger partial charge in [-0.2, -0.15) is 0 Å². The SMILES string of the molecule is CCOC(=O)N1CCC(NC(=O)c2csc(C3CCN(C(=O)c4sc(C)nc4C)CC3)n2)CC1. The first-order valence-electron chi connectivity index (χ1n) is 11.8. The lowest BCUT2D eigenvalue weighted by Crippen LogP contribution is -2.46. The van der Waals surface area contributed by atoms with Crippen LogP contribution >= 0.6 is 22.7 Å². The van der Waals surface area contributed by atoms with Crippen molar-refractivity contribution in [3.63, 3.8) is 0 Å². The van der Waals surface area contributed by atoms with E-state index in [4.69, 9.17) is 4.74 Å². The normalized spacial score (nSPS) is 17.6. The highest BCUT2D eigenvalue weighted by molar-refractivity contribution is 7.13. The van der Waals surface area contributed by atoms with Crippen LogP contribution in [-0.4, -0.2) is 76.5 Å². The summed E-state index contributed by atoms with van der Waals surface area (Å²) in [6.45, 7) is 8.47. The fourth-order valence-corrected chi connectivity index (χ4v) is 6.32. The fourth-order valence-electron chi connectivity index (χ4n) is 4.46. The Morgan fingerprint density at radius 2 is 1.74 bits per heavy atom. The van der Waals surface area contributed by atoms with Gasteiger partial charge in [0.05, 0.1) is 22.3 Å². The van der Waals surface area contributed by atoms with Crippen LogP contribution in [0.4, 0.5) is 4.79 Å². The molecule has 9 nitrogen and oxygen atoms in total. The minimum absolute atomic E-state index is 0.0245. The predicted molar refractivity (Wildman–Crippen MR) is 131 cm³/mol. The molecule has 0 radical (unpaired) electrons. The molecule has 0 saturated carbocycles. The van der Waals surface area contributed by atoms with E-state index in [1.807, 2.05) is 24.1 Å². The van der Waals surface area contributed by atoms with Gasteiger partial charge in [-0.1, -0.05) is 0 Å². The minimum Gasteiger partial charge on any atom is -0.450 e. The molecule has 2 aliphatic heterocycles. The first-order valence-corrected chi connectivity index (χ1v) is 13.5. The summed E-state index contributed by atoms with van der Waals surface area (Å²) in [7, 11) is 0. The Balaban J connectivity index is 1.26. The zero-order valence-corrected chi connectivity index (χ0v) is 21.5. The first kappa shape index (κ1) is 24.6. The van der Waals surface area contributed by atoms with Crippen molar-refractivity contribution < 1.29 is 19.1 Å². The Morgan fingerprint density at radius 3 is 2.35 bits per heavy atom. The topological polar surface area (TPSA) is 105 Å². The van der Waals surface area contributed by atoms with Crippen LogP contribution in [0.25, 0.3) is 0 Å². The van der Waals surface area contributed by atoms with Crippen molar-refractivity contribution in [3.8, 4) is 0 Å². The molecule has 184 valence electrons. The zero-order valence-electron chi connectivity index (χ0n) is 19.8. The van der Waals surface area contributed by atoms with Crippen LogP contribution in [0.1, 0.15) is 74.4 Å². The maximum absolute atomic E-state index is 12.9. The summed E-state index contributed by atoms with van der Waals surface area (Å²) in [5.74, 6) is 0.156. The third kappa shape index (κ3) is 5.57. The van der Waals surface area contributed by atoms with E-state index >= 15 is 0 Å². The van der Waals surface area contributed by atoms with Crippen molar-refractivity contribution in [3.05, 3.63) is 31.7 Å². The molecule has 1 N–H and O–H groups in total. The predicted octanol–water partition coefficient (Wildman–Crippen LogP) is 3.59. The van der Waals surface area contributed by atoms with Crippen molar-refractivity contribution in [1.82, 2.24) is 25.1 Å². The van der Waals surface area contributed by atoms with Gasteiger partial charge in [0.25, 0.3) is 11.8 Å². The average molecular weight is 506 g/mol. The monoisotopic (exact) mass is 505 g/mol. The van der Waals surface area contributed by atoms with Gasteiger partial charge in [-0.15, -0.1) is 22.7 Å². The van der Waals surface area contributed by atoms with Gasteiger partial charge >= 0.3 is 6.09 Å². The molecule has 4 heterocycles. The Kier molecular flexibility index (Phi) is 7.82. The molecule has 0 unspecified atom stereocenters. The van der Waals surface area contributed by atoms with Crippen molar-refractivity contribution >= 4 is 40.6 Å². The number of piperidine rings is 2. The van der Waals surface area contributed by atoms with Gasteiger partial charge in [0.1, 0.15) is 10.6 Å². The van der Waals surface area contributed by atoms with Gasteiger partial charge in [-0.05, 0) is 46.5 Å². The van der Waals surface area contributed by atoms with Gasteiger partial charge in [0, 0.05) is 43.5 Å². The summed E-state index contributed by atoms with van der Waals surface area (Å²) in [5, 5.41) is 6.75. The van der Waals surface area contributed by atoms with Crippen LogP contribution in [0.15, 0.2) is 5.38 Å². The second-order valence-electron chi connectivity index (χ2n) is 8.72. The number of aromatic nitrogens is 2. The smallest absolute Gasteiger partial charge is 0.409 e. The molecule has 0 bridgehead atoms. The van der Waals surface area contributed by atoms with Crippen LogP contribution in [0.3, 0.4) is 0 Å². The van der Waals surface area contributed by atoms with Gasteiger partial charge in [0.2, 0.25) is 0 Å². The summed E-state index contributed by atoms with van der Waals surface area (Å²) >= 11 is 2.97. The lowest BCUT2D eigenvalue weighted by molar-refractivity contribution is 0.0716. The molecule has 3 amide bonds. The third-order valence-corrected chi connectivity index (χ3v) is 8.41. The van der Waals surface area contributed by atoms with Crippen molar-refractivity contribution in [2.75, 3.05) is 32.8 Å². The quantitative estimate of drug-likeness (QED) is 0.666. The molecule has 0 aliphatic carbocycles. The highest BCUT2D eigenvalue weighted by Gasteiger charge is 2.29. The highest BCUT2D eigenvalue weighted by atomic mass is 32.1. The summed E-state index contributed by atoms with van der Waals surface area (Å²) in [6.07, 6.45) is 2.79. The van der Waals surface area contributed by atoms with Crippen LogP contribution in [0.5, 0.6) is 0 Å². The van der Waals surface area contributed by atoms with E-state index in [1.165, 1.54) is 22.7 Å². The molecule has 2 saturated heterocycles. The second-order valence-corrected chi connectivity index (χ2v) is 10.8. The van der Waals surface area contributed by atoms with Crippen molar-refractivity contribution in [1.29, 1.82) is 0 Å². The molecule has 2 aromatic heterocycles. The summed E-state index contributed by atoms with van der Waals surface area (Å²) in [6, 6.07) is 0.0245. The van der Waals surface area contributed by atoms with Crippen LogP contribution in [-0.2, 0) is 4.74 Å². The Morgan fingerprint density at radius 1 is 1.06 bits per heavy atom. The van der Waals surface area contributed by atoms with Gasteiger partial charge in [-0.3, -0.25) is 9.59 Å². The number of carbonyl (C=O) groups is 3. The number of amides is 3. The minimum atomic E-state index is -0.290. The third-order valence-electron chi connectivity index (χ3n) is 6.34. The largest absolute Gasteiger partial charge is 0.450 e. The van der Waals surface area contributed by atoms with Gasteiger partial charge < -0.3 is 19.9 Å². The summed E-state index contributed by atoms with van der Waals surface area (Å²) in [5.41, 5.74) is 1.25. The molecule has 2 aromatic rings. The molecule has 11 heteroatoms. The average Bonchev–Trinajstić information content (AvgIpc) is 3.46. The van der Waals surface area contributed by atoms with Gasteiger partial charge in [0.15, 0.2) is 0 Å². The number of rotatable bonds is 5. The number of hydrogen-bond donors (Lipinski definition) is 1. The van der Waals surface area contributed by atoms with E-state index < -0.39 is 0 Å². The van der Waals surface area contributed by atoms with E-state index in [2.05, 4.69) is 15.3 Å². The van der Waals surface area contributed by atoms with E-state index in [-0.39, 0.29) is 29.9 Å². The van der Waals surface area contributed by atoms with E-state index in [0.717, 1.165) is 33.4 Å². The van der Waals surface area contributed by atoms with Crippen LogP contribution in [0.2, 0.25) is 0 Å². The zero-order chi connectivity index (χ0) is 24.2. The molecule has 0 atom stereocenters. The number of ether oxygens (including phenoxy) is 1. The van der Waals surface area contributed by atoms with E-state index in [0.29, 0.717) is 51.3 Å². The molecule has 0 spiro atoms. The number of hydrogen-bond acceptors (Lipinski definition) is 8. The number of likely N-dealkylation sites (tertiary alicyclic amines) is 2. The number of nitrogens with one attached hydrogen (secondary N) is 1. The second kappa shape index (κ2) is 10.8. The van der Waals surface area contributed by atoms with Crippen LogP contribution in [0, 0.1) is 13.8 Å². The maximum Gasteiger partial charge on any atom is 0.409 e. The number of aryl methyl sites for hydroxylation is 2. The summed E-state index contributed by atoms with van der Waals surface area (Å²) in [4.78, 5) is 50.7. The van der Waals surface area contributed by atoms with Crippen molar-refractivity contribution in [2.24, 2.45) is 0 Å². The Bertz CT molecular complexity index is 1040.